The van der Waals surface area contributed by atoms with E-state index in [1.165, 1.54) is 23.4 Å². The van der Waals surface area contributed by atoms with Crippen LogP contribution in [0.5, 0.6) is 11.5 Å². The van der Waals surface area contributed by atoms with Crippen LogP contribution in [0.3, 0.4) is 0 Å². The molecule has 0 spiro atoms. The maximum absolute atomic E-state index is 13.8. The van der Waals surface area contributed by atoms with E-state index in [0.717, 1.165) is 22.3 Å². The molecule has 8 nitrogen and oxygen atoms in total. The van der Waals surface area contributed by atoms with Crippen LogP contribution in [0.1, 0.15) is 30.4 Å². The number of carbonyl (C=O) groups excluding carboxylic acids is 2. The summed E-state index contributed by atoms with van der Waals surface area (Å²) in [6, 6.07) is 29.2. The smallest absolute Gasteiger partial charge is 0.243 e. The predicted molar refractivity (Wildman–Crippen MR) is 169 cm³/mol. The van der Waals surface area contributed by atoms with E-state index in [2.05, 4.69) is 5.32 Å². The molecule has 1 amide bonds. The average Bonchev–Trinajstić information content (AvgIpc) is 3.52. The molecule has 1 heterocycles. The van der Waals surface area contributed by atoms with Crippen molar-refractivity contribution < 1.29 is 27.5 Å². The summed E-state index contributed by atoms with van der Waals surface area (Å²) in [4.78, 5) is 26.7. The van der Waals surface area contributed by atoms with E-state index in [1.807, 2.05) is 72.8 Å². The molecule has 1 N–H and O–H groups in total. The van der Waals surface area contributed by atoms with E-state index in [1.54, 1.807) is 32.4 Å². The summed E-state index contributed by atoms with van der Waals surface area (Å²) < 4.78 is 39.8. The van der Waals surface area contributed by atoms with E-state index in [4.69, 9.17) is 9.47 Å². The number of ketones is 1. The molecule has 1 aliphatic rings. The van der Waals surface area contributed by atoms with Gasteiger partial charge >= 0.3 is 0 Å². The Bertz CT molecular complexity index is 1690. The Morgan fingerprint density at radius 3 is 2.00 bits per heavy atom. The molecular weight excluding hydrogens is 576 g/mol. The molecule has 1 saturated heterocycles. The van der Waals surface area contributed by atoms with Gasteiger partial charge in [0.05, 0.1) is 30.7 Å². The number of sulfonamides is 1. The molecule has 0 saturated carbocycles. The van der Waals surface area contributed by atoms with Gasteiger partial charge in [-0.1, -0.05) is 78.9 Å². The lowest BCUT2D eigenvalue weighted by Crippen LogP contribution is -2.51. The summed E-state index contributed by atoms with van der Waals surface area (Å²) in [5.41, 5.74) is 3.50. The van der Waals surface area contributed by atoms with Gasteiger partial charge in [0.1, 0.15) is 17.5 Å². The molecule has 0 unspecified atom stereocenters. The first kappa shape index (κ1) is 31.0. The van der Waals surface area contributed by atoms with Crippen molar-refractivity contribution in [3.63, 3.8) is 0 Å². The van der Waals surface area contributed by atoms with Crippen LogP contribution in [0.25, 0.3) is 11.1 Å². The van der Waals surface area contributed by atoms with Gasteiger partial charge in [0.25, 0.3) is 0 Å². The number of nitrogens with zero attached hydrogens (tertiary/aromatic N) is 1. The number of Topliss-reactive ketones (excluding diaryl/α,β-unsaturated/α-hetero) is 1. The van der Waals surface area contributed by atoms with Crippen LogP contribution in [0.15, 0.2) is 108 Å². The van der Waals surface area contributed by atoms with Gasteiger partial charge in [0, 0.05) is 6.54 Å². The molecule has 0 aromatic heterocycles. The molecule has 3 atom stereocenters. The quantitative estimate of drug-likeness (QED) is 0.249. The molecule has 4 aromatic carbocycles. The molecular formula is C35H36N2O6S. The molecule has 44 heavy (non-hydrogen) atoms. The summed E-state index contributed by atoms with van der Waals surface area (Å²) in [5, 5.41) is 2.88. The van der Waals surface area contributed by atoms with Crippen LogP contribution in [0, 0.1) is 0 Å². The number of hydrogen-bond acceptors (Lipinski definition) is 6. The Kier molecular flexibility index (Phi) is 9.46. The SMILES string of the molecule is COc1cccc(OC)c1-c1ccc(C[C@H](NC(=O)[C@H]2C[C@H](c3ccccc3)CN2S(=O)(=O)c2ccccc2)C(C)=O)cc1. The highest BCUT2D eigenvalue weighted by Gasteiger charge is 2.44. The number of methoxy groups -OCH3 is 2. The Morgan fingerprint density at radius 1 is 0.841 bits per heavy atom. The first-order chi connectivity index (χ1) is 21.2. The molecule has 0 bridgehead atoms. The highest BCUT2D eigenvalue weighted by molar-refractivity contribution is 7.89. The fourth-order valence-corrected chi connectivity index (χ4v) is 7.41. The molecule has 1 fully saturated rings. The van der Waals surface area contributed by atoms with Crippen molar-refractivity contribution in [2.24, 2.45) is 0 Å². The number of hydrogen-bond donors (Lipinski definition) is 1. The van der Waals surface area contributed by atoms with Gasteiger partial charge in [-0.15, -0.1) is 0 Å². The molecule has 1 aliphatic heterocycles. The van der Waals surface area contributed by atoms with Crippen molar-refractivity contribution in [2.75, 3.05) is 20.8 Å². The van der Waals surface area contributed by atoms with Crippen LogP contribution in [0.2, 0.25) is 0 Å². The van der Waals surface area contributed by atoms with E-state index >= 15 is 0 Å². The summed E-state index contributed by atoms with van der Waals surface area (Å²) in [6.45, 7) is 1.59. The van der Waals surface area contributed by atoms with Gasteiger partial charge in [0.15, 0.2) is 5.78 Å². The van der Waals surface area contributed by atoms with Crippen molar-refractivity contribution in [2.45, 2.75) is 42.7 Å². The van der Waals surface area contributed by atoms with Crippen LogP contribution in [-0.2, 0) is 26.0 Å². The summed E-state index contributed by atoms with van der Waals surface area (Å²) in [5.74, 6) is 0.473. The van der Waals surface area contributed by atoms with Crippen molar-refractivity contribution >= 4 is 21.7 Å². The second-order valence-electron chi connectivity index (χ2n) is 10.9. The second kappa shape index (κ2) is 13.4. The molecule has 9 heteroatoms. The van der Waals surface area contributed by atoms with Gasteiger partial charge in [-0.3, -0.25) is 9.59 Å². The monoisotopic (exact) mass is 612 g/mol. The van der Waals surface area contributed by atoms with Gasteiger partial charge in [-0.25, -0.2) is 8.42 Å². The van der Waals surface area contributed by atoms with Crippen molar-refractivity contribution in [1.82, 2.24) is 9.62 Å². The van der Waals surface area contributed by atoms with E-state index in [9.17, 15) is 18.0 Å². The minimum absolute atomic E-state index is 0.126. The van der Waals surface area contributed by atoms with Gasteiger partial charge in [0.2, 0.25) is 15.9 Å². The third-order valence-electron chi connectivity index (χ3n) is 8.10. The molecule has 0 aliphatic carbocycles. The topological polar surface area (TPSA) is 102 Å². The number of nitrogens with one attached hydrogen (secondary N) is 1. The van der Waals surface area contributed by atoms with E-state index in [-0.39, 0.29) is 29.6 Å². The minimum Gasteiger partial charge on any atom is -0.496 e. The fourth-order valence-electron chi connectivity index (χ4n) is 5.75. The fraction of sp³-hybridized carbons (Fsp3) is 0.257. The normalized spacial score (nSPS) is 17.5. The van der Waals surface area contributed by atoms with Crippen LogP contribution in [-0.4, -0.2) is 57.3 Å². The van der Waals surface area contributed by atoms with Gasteiger partial charge in [-0.2, -0.15) is 4.31 Å². The zero-order valence-corrected chi connectivity index (χ0v) is 25.8. The van der Waals surface area contributed by atoms with Crippen LogP contribution < -0.4 is 14.8 Å². The Labute approximate surface area is 258 Å². The number of carbonyl (C=O) groups is 2. The third-order valence-corrected chi connectivity index (χ3v) is 9.99. The largest absolute Gasteiger partial charge is 0.496 e. The summed E-state index contributed by atoms with van der Waals surface area (Å²) in [6.07, 6.45) is 0.562. The number of ether oxygens (including phenoxy) is 2. The van der Waals surface area contributed by atoms with Crippen molar-refractivity contribution in [3.05, 3.63) is 114 Å². The summed E-state index contributed by atoms with van der Waals surface area (Å²) in [7, 11) is -0.759. The zero-order chi connectivity index (χ0) is 31.3. The van der Waals surface area contributed by atoms with E-state index in [0.29, 0.717) is 17.9 Å². The van der Waals surface area contributed by atoms with Gasteiger partial charge < -0.3 is 14.8 Å². The lowest BCUT2D eigenvalue weighted by atomic mass is 9.95. The molecule has 5 rings (SSSR count). The maximum atomic E-state index is 13.8. The van der Waals surface area contributed by atoms with Crippen LogP contribution >= 0.6 is 0 Å². The predicted octanol–water partition coefficient (Wildman–Crippen LogP) is 5.23. The second-order valence-corrected chi connectivity index (χ2v) is 12.7. The highest BCUT2D eigenvalue weighted by atomic mass is 32.2. The van der Waals surface area contributed by atoms with Crippen molar-refractivity contribution in [1.29, 1.82) is 0 Å². The summed E-state index contributed by atoms with van der Waals surface area (Å²) >= 11 is 0. The first-order valence-corrected chi connectivity index (χ1v) is 15.9. The number of amides is 1. The lowest BCUT2D eigenvalue weighted by molar-refractivity contribution is -0.128. The standard InChI is InChI=1S/C35H36N2O6S/c1-24(38)30(21-25-17-19-27(20-18-25)34-32(42-2)15-10-16-33(34)43-3)36-35(39)31-22-28(26-11-6-4-7-12-26)23-37(31)44(40,41)29-13-8-5-9-14-29/h4-20,28,30-31H,21-23H2,1-3H3,(H,36,39)/t28-,30-,31+/m0/s1. The maximum Gasteiger partial charge on any atom is 0.243 e. The van der Waals surface area contributed by atoms with Crippen molar-refractivity contribution in [3.8, 4) is 22.6 Å². The Morgan fingerprint density at radius 2 is 1.43 bits per heavy atom. The van der Waals surface area contributed by atoms with E-state index < -0.39 is 28.0 Å². The highest BCUT2D eigenvalue weighted by Crippen LogP contribution is 2.38. The molecule has 228 valence electrons. The van der Waals surface area contributed by atoms with Gasteiger partial charge in [-0.05, 0) is 66.6 Å². The Balaban J connectivity index is 1.37. The zero-order valence-electron chi connectivity index (χ0n) is 25.0. The van der Waals surface area contributed by atoms with Crippen LogP contribution in [0.4, 0.5) is 0 Å². The first-order valence-electron chi connectivity index (χ1n) is 14.5. The molecule has 4 aromatic rings. The lowest BCUT2D eigenvalue weighted by Gasteiger charge is -2.25. The third kappa shape index (κ3) is 6.54. The minimum atomic E-state index is -3.96. The molecule has 0 radical (unpaired) electrons. The number of benzene rings is 4. The Hall–Kier alpha value is -4.47. The number of rotatable bonds is 11. The average molecular weight is 613 g/mol.